The Morgan fingerprint density at radius 1 is 1.48 bits per heavy atom. The van der Waals surface area contributed by atoms with Gasteiger partial charge in [0.25, 0.3) is 0 Å². The first-order chi connectivity index (χ1) is 9.98. The average molecular weight is 378 g/mol. The van der Waals surface area contributed by atoms with Gasteiger partial charge >= 0.3 is 0 Å². The molecule has 1 aliphatic heterocycles. The number of benzene rings is 1. The van der Waals surface area contributed by atoms with Gasteiger partial charge in [0.05, 0.1) is 17.6 Å². The van der Waals surface area contributed by atoms with E-state index in [1.165, 1.54) is 10.4 Å². The number of ether oxygens (including phenoxy) is 1. The highest BCUT2D eigenvalue weighted by atomic mass is 79.9. The maximum atomic E-state index is 12.8. The van der Waals surface area contributed by atoms with Crippen molar-refractivity contribution in [3.8, 4) is 0 Å². The van der Waals surface area contributed by atoms with Gasteiger partial charge in [0.2, 0.25) is 10.0 Å². The number of hydrogen-bond acceptors (Lipinski definition) is 4. The lowest BCUT2D eigenvalue weighted by atomic mass is 10.1. The van der Waals surface area contributed by atoms with Gasteiger partial charge in [-0.05, 0) is 53.4 Å². The molecule has 1 N–H and O–H groups in total. The van der Waals surface area contributed by atoms with E-state index in [0.29, 0.717) is 29.7 Å². The molecule has 118 valence electrons. The van der Waals surface area contributed by atoms with Crippen LogP contribution in [0.15, 0.2) is 27.6 Å². The molecular weight excluding hydrogens is 358 g/mol. The standard InChI is InChI=1S/C14H20BrNO4S/c1-2-20-12-4-3-7-16(9-12)21(18,19)14-8-11(10-17)5-6-13(14)15/h5-6,8,12,17H,2-4,7,9-10H2,1H3. The lowest BCUT2D eigenvalue weighted by Crippen LogP contribution is -2.43. The molecule has 0 bridgehead atoms. The summed E-state index contributed by atoms with van der Waals surface area (Å²) in [6.45, 7) is 3.20. The van der Waals surface area contributed by atoms with E-state index in [0.717, 1.165) is 12.8 Å². The zero-order valence-electron chi connectivity index (χ0n) is 12.0. The minimum Gasteiger partial charge on any atom is -0.392 e. The monoisotopic (exact) mass is 377 g/mol. The minimum absolute atomic E-state index is 0.0432. The second-order valence-electron chi connectivity index (χ2n) is 5.01. The van der Waals surface area contributed by atoms with Crippen LogP contribution in [-0.2, 0) is 21.4 Å². The van der Waals surface area contributed by atoms with Gasteiger partial charge in [-0.1, -0.05) is 6.07 Å². The summed E-state index contributed by atoms with van der Waals surface area (Å²) in [5.74, 6) is 0. The van der Waals surface area contributed by atoms with Gasteiger partial charge in [-0.15, -0.1) is 0 Å². The summed E-state index contributed by atoms with van der Waals surface area (Å²) in [5.41, 5.74) is 0.579. The third kappa shape index (κ3) is 3.84. The molecule has 0 spiro atoms. The fourth-order valence-electron chi connectivity index (χ4n) is 2.48. The van der Waals surface area contributed by atoms with E-state index in [9.17, 15) is 13.5 Å². The van der Waals surface area contributed by atoms with Gasteiger partial charge in [0.15, 0.2) is 0 Å². The minimum atomic E-state index is -3.58. The van der Waals surface area contributed by atoms with Crippen molar-refractivity contribution in [2.75, 3.05) is 19.7 Å². The number of halogens is 1. The molecule has 1 heterocycles. The summed E-state index contributed by atoms with van der Waals surface area (Å²) in [6, 6.07) is 4.87. The predicted molar refractivity (Wildman–Crippen MR) is 83.5 cm³/mol. The summed E-state index contributed by atoms with van der Waals surface area (Å²) < 4.78 is 33.1. The quantitative estimate of drug-likeness (QED) is 0.853. The molecule has 7 heteroatoms. The van der Waals surface area contributed by atoms with Crippen LogP contribution in [-0.4, -0.2) is 43.6 Å². The number of nitrogens with zero attached hydrogens (tertiary/aromatic N) is 1. The van der Waals surface area contributed by atoms with Crippen molar-refractivity contribution in [3.05, 3.63) is 28.2 Å². The maximum Gasteiger partial charge on any atom is 0.244 e. The number of hydrogen-bond donors (Lipinski definition) is 1. The number of piperidine rings is 1. The highest BCUT2D eigenvalue weighted by molar-refractivity contribution is 9.10. The van der Waals surface area contributed by atoms with Gasteiger partial charge in [0.1, 0.15) is 0 Å². The largest absolute Gasteiger partial charge is 0.392 e. The Labute approximate surface area is 134 Å². The lowest BCUT2D eigenvalue weighted by Gasteiger charge is -2.32. The first-order valence-electron chi connectivity index (χ1n) is 7.00. The molecule has 5 nitrogen and oxygen atoms in total. The first-order valence-corrected chi connectivity index (χ1v) is 9.23. The van der Waals surface area contributed by atoms with Crippen molar-refractivity contribution in [1.82, 2.24) is 4.31 Å². The summed E-state index contributed by atoms with van der Waals surface area (Å²) in [7, 11) is -3.58. The predicted octanol–water partition coefficient (Wildman–Crippen LogP) is 2.13. The van der Waals surface area contributed by atoms with Crippen LogP contribution in [0.1, 0.15) is 25.3 Å². The van der Waals surface area contributed by atoms with E-state index < -0.39 is 10.0 Å². The summed E-state index contributed by atoms with van der Waals surface area (Å²) in [4.78, 5) is 0.200. The van der Waals surface area contributed by atoms with E-state index in [2.05, 4.69) is 15.9 Å². The van der Waals surface area contributed by atoms with E-state index in [1.807, 2.05) is 6.92 Å². The summed E-state index contributed by atoms with van der Waals surface area (Å²) >= 11 is 3.29. The topological polar surface area (TPSA) is 66.8 Å². The Kier molecular flexibility index (Phi) is 5.79. The van der Waals surface area contributed by atoms with Crippen LogP contribution in [0.4, 0.5) is 0 Å². The van der Waals surface area contributed by atoms with Gasteiger partial charge in [-0.25, -0.2) is 8.42 Å². The van der Waals surface area contributed by atoms with Gasteiger partial charge in [-0.3, -0.25) is 0 Å². The normalized spacial score (nSPS) is 20.6. The molecule has 1 unspecified atom stereocenters. The molecule has 1 saturated heterocycles. The van der Waals surface area contributed by atoms with Gasteiger partial charge in [-0.2, -0.15) is 4.31 Å². The zero-order chi connectivity index (χ0) is 15.5. The van der Waals surface area contributed by atoms with Crippen LogP contribution >= 0.6 is 15.9 Å². The maximum absolute atomic E-state index is 12.8. The average Bonchev–Trinajstić information content (AvgIpc) is 2.48. The SMILES string of the molecule is CCOC1CCCN(S(=O)(=O)c2cc(CO)ccc2Br)C1. The molecule has 2 rings (SSSR count). The Hall–Kier alpha value is -0.470. The number of aliphatic hydroxyl groups is 1. The molecule has 1 fully saturated rings. The second-order valence-corrected chi connectivity index (χ2v) is 7.77. The molecule has 0 aromatic heterocycles. The third-order valence-corrected chi connectivity index (χ3v) is 6.40. The van der Waals surface area contributed by atoms with Crippen LogP contribution < -0.4 is 0 Å². The lowest BCUT2D eigenvalue weighted by molar-refractivity contribution is 0.0265. The second kappa shape index (κ2) is 7.19. The van der Waals surface area contributed by atoms with Crippen molar-refractivity contribution in [2.45, 2.75) is 37.4 Å². The van der Waals surface area contributed by atoms with E-state index in [4.69, 9.17) is 4.74 Å². The van der Waals surface area contributed by atoms with Crippen LogP contribution in [0.3, 0.4) is 0 Å². The fourth-order valence-corrected chi connectivity index (χ4v) is 4.96. The fraction of sp³-hybridized carbons (Fsp3) is 0.571. The molecule has 21 heavy (non-hydrogen) atoms. The molecule has 0 saturated carbocycles. The van der Waals surface area contributed by atoms with Gasteiger partial charge in [0, 0.05) is 24.2 Å². The summed E-state index contributed by atoms with van der Waals surface area (Å²) in [6.07, 6.45) is 1.64. The molecule has 1 atom stereocenters. The van der Waals surface area contributed by atoms with E-state index in [-0.39, 0.29) is 17.6 Å². The smallest absolute Gasteiger partial charge is 0.244 e. The third-order valence-electron chi connectivity index (χ3n) is 3.54. The molecule has 0 aliphatic carbocycles. The van der Waals surface area contributed by atoms with Crippen LogP contribution in [0, 0.1) is 0 Å². The molecular formula is C14H20BrNO4S. The molecule has 0 radical (unpaired) electrons. The number of sulfonamides is 1. The van der Waals surface area contributed by atoms with Crippen molar-refractivity contribution in [3.63, 3.8) is 0 Å². The van der Waals surface area contributed by atoms with Crippen LogP contribution in [0.25, 0.3) is 0 Å². The highest BCUT2D eigenvalue weighted by Gasteiger charge is 2.31. The molecule has 1 aliphatic rings. The van der Waals surface area contributed by atoms with Gasteiger partial charge < -0.3 is 9.84 Å². The van der Waals surface area contributed by atoms with Crippen molar-refractivity contribution in [1.29, 1.82) is 0 Å². The number of aliphatic hydroxyl groups excluding tert-OH is 1. The van der Waals surface area contributed by atoms with E-state index in [1.54, 1.807) is 12.1 Å². The van der Waals surface area contributed by atoms with Crippen molar-refractivity contribution in [2.24, 2.45) is 0 Å². The van der Waals surface area contributed by atoms with Crippen LogP contribution in [0.5, 0.6) is 0 Å². The molecule has 0 amide bonds. The molecule has 1 aromatic carbocycles. The van der Waals surface area contributed by atoms with Crippen LogP contribution in [0.2, 0.25) is 0 Å². The van der Waals surface area contributed by atoms with E-state index >= 15 is 0 Å². The Morgan fingerprint density at radius 3 is 2.90 bits per heavy atom. The molecule has 1 aromatic rings. The Bertz CT molecular complexity index is 589. The Balaban J connectivity index is 2.29. The summed E-state index contributed by atoms with van der Waals surface area (Å²) in [5, 5.41) is 9.20. The van der Waals surface area contributed by atoms with Crippen molar-refractivity contribution < 1.29 is 18.3 Å². The zero-order valence-corrected chi connectivity index (χ0v) is 14.4. The first kappa shape index (κ1) is 16.9. The van der Waals surface area contributed by atoms with Crippen molar-refractivity contribution >= 4 is 26.0 Å². The number of rotatable bonds is 5. The highest BCUT2D eigenvalue weighted by Crippen LogP contribution is 2.28. The Morgan fingerprint density at radius 2 is 2.24 bits per heavy atom.